The van der Waals surface area contributed by atoms with Crippen molar-refractivity contribution >= 4 is 11.8 Å². The van der Waals surface area contributed by atoms with Crippen molar-refractivity contribution in [2.24, 2.45) is 0 Å². The largest absolute Gasteiger partial charge is 0.419 e. The number of hydrogen-bond acceptors (Lipinski definition) is 3. The van der Waals surface area contributed by atoms with Crippen molar-refractivity contribution in [3.8, 4) is 5.75 Å². The summed E-state index contributed by atoms with van der Waals surface area (Å²) in [4.78, 5) is 24.0. The van der Waals surface area contributed by atoms with Crippen LogP contribution in [0.2, 0.25) is 0 Å². The molecule has 0 bridgehead atoms. The first kappa shape index (κ1) is 15.8. The zero-order valence-electron chi connectivity index (χ0n) is 11.9. The van der Waals surface area contributed by atoms with Crippen LogP contribution in [0.3, 0.4) is 0 Å². The van der Waals surface area contributed by atoms with Gasteiger partial charge < -0.3 is 4.74 Å². The summed E-state index contributed by atoms with van der Waals surface area (Å²) in [6.45, 7) is 1.79. The van der Waals surface area contributed by atoms with Gasteiger partial charge in [-0.3, -0.25) is 4.79 Å². The highest BCUT2D eigenvalue weighted by Crippen LogP contribution is 2.27. The number of halogens is 2. The fourth-order valence-corrected chi connectivity index (χ4v) is 1.94. The Bertz CT molecular complexity index is 697. The topological polar surface area (TPSA) is 43.4 Å². The Hall–Kier alpha value is -2.56. The number of ketones is 1. The molecular formula is C17H14F2O3. The average molecular weight is 304 g/mol. The SMILES string of the molecule is CCCC(=O)c1ccc(F)c(F)c1OC(=O)c1ccccc1. The Kier molecular flexibility index (Phi) is 4.99. The molecule has 114 valence electrons. The van der Waals surface area contributed by atoms with E-state index in [4.69, 9.17) is 4.74 Å². The highest BCUT2D eigenvalue weighted by molar-refractivity contribution is 6.00. The molecule has 3 nitrogen and oxygen atoms in total. The summed E-state index contributed by atoms with van der Waals surface area (Å²) >= 11 is 0. The third-order valence-corrected chi connectivity index (χ3v) is 3.03. The molecule has 0 saturated carbocycles. The Morgan fingerprint density at radius 1 is 1.05 bits per heavy atom. The summed E-state index contributed by atoms with van der Waals surface area (Å²) in [6, 6.07) is 9.86. The van der Waals surface area contributed by atoms with Gasteiger partial charge in [0.1, 0.15) is 0 Å². The van der Waals surface area contributed by atoms with Gasteiger partial charge in [-0.15, -0.1) is 0 Å². The van der Waals surface area contributed by atoms with Crippen LogP contribution in [0.15, 0.2) is 42.5 Å². The molecule has 0 unspecified atom stereocenters. The zero-order valence-corrected chi connectivity index (χ0v) is 11.9. The van der Waals surface area contributed by atoms with E-state index in [9.17, 15) is 18.4 Å². The van der Waals surface area contributed by atoms with Gasteiger partial charge in [0.25, 0.3) is 0 Å². The molecule has 0 atom stereocenters. The van der Waals surface area contributed by atoms with Crippen LogP contribution in [0.4, 0.5) is 8.78 Å². The van der Waals surface area contributed by atoms with E-state index in [-0.39, 0.29) is 17.5 Å². The Labute approximate surface area is 126 Å². The molecule has 2 aromatic carbocycles. The van der Waals surface area contributed by atoms with Gasteiger partial charge in [0.15, 0.2) is 17.3 Å². The molecule has 22 heavy (non-hydrogen) atoms. The highest BCUT2D eigenvalue weighted by atomic mass is 19.2. The first-order valence-electron chi connectivity index (χ1n) is 6.83. The van der Waals surface area contributed by atoms with Gasteiger partial charge in [-0.25, -0.2) is 9.18 Å². The zero-order chi connectivity index (χ0) is 16.1. The summed E-state index contributed by atoms with van der Waals surface area (Å²) in [5.74, 6) is -4.43. The van der Waals surface area contributed by atoms with E-state index < -0.39 is 29.1 Å². The minimum absolute atomic E-state index is 0.134. The lowest BCUT2D eigenvalue weighted by molar-refractivity contribution is 0.0724. The van der Waals surface area contributed by atoms with Gasteiger partial charge in [-0.1, -0.05) is 25.1 Å². The molecule has 0 aliphatic heterocycles. The lowest BCUT2D eigenvalue weighted by Crippen LogP contribution is -2.13. The molecule has 0 saturated heterocycles. The lowest BCUT2D eigenvalue weighted by atomic mass is 10.1. The molecule has 0 spiro atoms. The molecule has 0 heterocycles. The maximum Gasteiger partial charge on any atom is 0.343 e. The fourth-order valence-electron chi connectivity index (χ4n) is 1.94. The number of Topliss-reactive ketones (excluding diaryl/α,β-unsaturated/α-hetero) is 1. The van der Waals surface area contributed by atoms with Crippen molar-refractivity contribution in [2.75, 3.05) is 0 Å². The summed E-state index contributed by atoms with van der Waals surface area (Å²) in [6.07, 6.45) is 0.699. The number of carbonyl (C=O) groups is 2. The molecule has 2 aromatic rings. The fraction of sp³-hybridized carbons (Fsp3) is 0.176. The maximum absolute atomic E-state index is 13.9. The minimum atomic E-state index is -1.34. The molecule has 0 aliphatic rings. The van der Waals surface area contributed by atoms with Crippen LogP contribution in [0.1, 0.15) is 40.5 Å². The molecule has 0 aliphatic carbocycles. The smallest absolute Gasteiger partial charge is 0.343 e. The van der Waals surface area contributed by atoms with Crippen molar-refractivity contribution in [3.05, 3.63) is 65.2 Å². The van der Waals surface area contributed by atoms with Crippen LogP contribution >= 0.6 is 0 Å². The molecule has 5 heteroatoms. The molecule has 0 N–H and O–H groups in total. The first-order valence-corrected chi connectivity index (χ1v) is 6.83. The van der Waals surface area contributed by atoms with E-state index in [0.717, 1.165) is 12.1 Å². The van der Waals surface area contributed by atoms with Crippen LogP contribution in [0.5, 0.6) is 5.75 Å². The molecule has 2 rings (SSSR count). The van der Waals surface area contributed by atoms with Crippen LogP contribution in [0, 0.1) is 11.6 Å². The van der Waals surface area contributed by atoms with Gasteiger partial charge in [0.05, 0.1) is 11.1 Å². The Morgan fingerprint density at radius 3 is 2.36 bits per heavy atom. The maximum atomic E-state index is 13.9. The Morgan fingerprint density at radius 2 is 1.73 bits per heavy atom. The van der Waals surface area contributed by atoms with Crippen LogP contribution in [0.25, 0.3) is 0 Å². The van der Waals surface area contributed by atoms with E-state index in [1.165, 1.54) is 12.1 Å². The second-order valence-electron chi connectivity index (χ2n) is 4.67. The number of rotatable bonds is 5. The monoisotopic (exact) mass is 304 g/mol. The quantitative estimate of drug-likeness (QED) is 0.473. The van der Waals surface area contributed by atoms with Crippen molar-refractivity contribution < 1.29 is 23.1 Å². The van der Waals surface area contributed by atoms with E-state index in [1.807, 2.05) is 0 Å². The van der Waals surface area contributed by atoms with Gasteiger partial charge in [-0.2, -0.15) is 4.39 Å². The summed E-state index contributed by atoms with van der Waals surface area (Å²) in [5.41, 5.74) is 0.0464. The third-order valence-electron chi connectivity index (χ3n) is 3.03. The van der Waals surface area contributed by atoms with Crippen molar-refractivity contribution in [3.63, 3.8) is 0 Å². The van der Waals surface area contributed by atoms with Gasteiger partial charge >= 0.3 is 5.97 Å². The normalized spacial score (nSPS) is 10.3. The Balaban J connectivity index is 2.38. The molecule has 0 aromatic heterocycles. The molecule has 0 fully saturated rings. The minimum Gasteiger partial charge on any atom is -0.419 e. The van der Waals surface area contributed by atoms with Gasteiger partial charge in [-0.05, 0) is 30.7 Å². The third kappa shape index (κ3) is 3.36. The van der Waals surface area contributed by atoms with Crippen molar-refractivity contribution in [1.29, 1.82) is 0 Å². The molecule has 0 amide bonds. The van der Waals surface area contributed by atoms with E-state index >= 15 is 0 Å². The number of ether oxygens (including phenoxy) is 1. The predicted molar refractivity (Wildman–Crippen MR) is 77.0 cm³/mol. The number of esters is 1. The van der Waals surface area contributed by atoms with Crippen molar-refractivity contribution in [1.82, 2.24) is 0 Å². The van der Waals surface area contributed by atoms with E-state index in [0.29, 0.717) is 6.42 Å². The number of hydrogen-bond donors (Lipinski definition) is 0. The summed E-state index contributed by atoms with van der Waals surface area (Å²) < 4.78 is 32.3. The summed E-state index contributed by atoms with van der Waals surface area (Å²) in [7, 11) is 0. The number of benzene rings is 2. The first-order chi connectivity index (χ1) is 10.5. The van der Waals surface area contributed by atoms with Gasteiger partial charge in [0, 0.05) is 6.42 Å². The second-order valence-corrected chi connectivity index (χ2v) is 4.67. The van der Waals surface area contributed by atoms with Gasteiger partial charge in [0.2, 0.25) is 5.82 Å². The average Bonchev–Trinajstić information content (AvgIpc) is 2.53. The van der Waals surface area contributed by atoms with Crippen LogP contribution in [-0.4, -0.2) is 11.8 Å². The molecular weight excluding hydrogens is 290 g/mol. The molecule has 0 radical (unpaired) electrons. The number of carbonyl (C=O) groups excluding carboxylic acids is 2. The standard InChI is InChI=1S/C17H14F2O3/c1-2-6-14(20)12-9-10-13(18)15(19)16(12)22-17(21)11-7-4-3-5-8-11/h3-5,7-10H,2,6H2,1H3. The van der Waals surface area contributed by atoms with E-state index in [1.54, 1.807) is 25.1 Å². The predicted octanol–water partition coefficient (Wildman–Crippen LogP) is 4.17. The lowest BCUT2D eigenvalue weighted by Gasteiger charge is -2.10. The summed E-state index contributed by atoms with van der Waals surface area (Å²) in [5, 5.41) is 0. The second kappa shape index (κ2) is 6.93. The van der Waals surface area contributed by atoms with Crippen LogP contribution < -0.4 is 4.74 Å². The van der Waals surface area contributed by atoms with Crippen LogP contribution in [-0.2, 0) is 0 Å². The van der Waals surface area contributed by atoms with Crippen molar-refractivity contribution in [2.45, 2.75) is 19.8 Å². The van der Waals surface area contributed by atoms with E-state index in [2.05, 4.69) is 0 Å². The highest BCUT2D eigenvalue weighted by Gasteiger charge is 2.22.